The van der Waals surface area contributed by atoms with Crippen LogP contribution >= 0.6 is 11.3 Å². The van der Waals surface area contributed by atoms with Gasteiger partial charge in [0.25, 0.3) is 5.91 Å². The zero-order chi connectivity index (χ0) is 16.0. The molecule has 3 heterocycles. The van der Waals surface area contributed by atoms with Gasteiger partial charge in [0.1, 0.15) is 11.5 Å². The summed E-state index contributed by atoms with van der Waals surface area (Å²) in [5, 5.41) is 4.16. The van der Waals surface area contributed by atoms with Crippen molar-refractivity contribution in [2.24, 2.45) is 11.8 Å². The van der Waals surface area contributed by atoms with Crippen molar-refractivity contribution >= 4 is 17.2 Å². The zero-order valence-electron chi connectivity index (χ0n) is 12.9. The molecule has 1 aromatic carbocycles. The van der Waals surface area contributed by atoms with Gasteiger partial charge in [-0.1, -0.05) is 18.2 Å². The SMILES string of the molecule is Cc1nc(C(=O)N2C[C@H]3CNC[C@@H]3C2)c(-c2ccccc2F)s1. The lowest BCUT2D eigenvalue weighted by atomic mass is 10.0. The van der Waals surface area contributed by atoms with Crippen molar-refractivity contribution in [1.29, 1.82) is 0 Å². The molecule has 0 saturated carbocycles. The Morgan fingerprint density at radius 1 is 1.30 bits per heavy atom. The lowest BCUT2D eigenvalue weighted by Crippen LogP contribution is -2.32. The van der Waals surface area contributed by atoms with Crippen molar-refractivity contribution < 1.29 is 9.18 Å². The molecule has 120 valence electrons. The van der Waals surface area contributed by atoms with Gasteiger partial charge in [-0.05, 0) is 24.8 Å². The molecule has 2 aromatic rings. The number of halogens is 1. The van der Waals surface area contributed by atoms with Crippen molar-refractivity contribution in [2.75, 3.05) is 26.2 Å². The highest BCUT2D eigenvalue weighted by atomic mass is 32.1. The number of amides is 1. The first-order chi connectivity index (χ1) is 11.1. The third-order valence-corrected chi connectivity index (χ3v) is 5.74. The summed E-state index contributed by atoms with van der Waals surface area (Å²) in [5.74, 6) is 0.695. The quantitative estimate of drug-likeness (QED) is 0.920. The minimum absolute atomic E-state index is 0.0676. The van der Waals surface area contributed by atoms with Gasteiger partial charge in [-0.15, -0.1) is 11.3 Å². The lowest BCUT2D eigenvalue weighted by molar-refractivity contribution is 0.0777. The average Bonchev–Trinajstić information content (AvgIpc) is 3.20. The van der Waals surface area contributed by atoms with Gasteiger partial charge in [0.2, 0.25) is 0 Å². The summed E-state index contributed by atoms with van der Waals surface area (Å²) in [5.41, 5.74) is 0.855. The number of hydrogen-bond acceptors (Lipinski definition) is 4. The summed E-state index contributed by atoms with van der Waals surface area (Å²) in [6.45, 7) is 5.34. The second-order valence-electron chi connectivity index (χ2n) is 6.28. The Balaban J connectivity index is 1.67. The van der Waals surface area contributed by atoms with Crippen LogP contribution in [-0.4, -0.2) is 42.0 Å². The molecule has 2 fully saturated rings. The van der Waals surface area contributed by atoms with Crippen LogP contribution in [0.3, 0.4) is 0 Å². The Bertz CT molecular complexity index is 748. The van der Waals surface area contributed by atoms with Crippen molar-refractivity contribution in [1.82, 2.24) is 15.2 Å². The van der Waals surface area contributed by atoms with E-state index in [4.69, 9.17) is 0 Å². The number of rotatable bonds is 2. The third-order valence-electron chi connectivity index (χ3n) is 4.73. The number of likely N-dealkylation sites (tertiary alicyclic amines) is 1. The fourth-order valence-corrected chi connectivity index (χ4v) is 4.51. The van der Waals surface area contributed by atoms with Gasteiger partial charge in [0, 0.05) is 31.7 Å². The molecule has 0 radical (unpaired) electrons. The van der Waals surface area contributed by atoms with Crippen molar-refractivity contribution in [3.8, 4) is 10.4 Å². The Morgan fingerprint density at radius 3 is 2.70 bits per heavy atom. The predicted molar refractivity (Wildman–Crippen MR) is 88.0 cm³/mol. The first kappa shape index (κ1) is 14.8. The van der Waals surface area contributed by atoms with Gasteiger partial charge < -0.3 is 10.2 Å². The summed E-state index contributed by atoms with van der Waals surface area (Å²) in [4.78, 5) is 19.9. The minimum atomic E-state index is -0.312. The van der Waals surface area contributed by atoms with Crippen LogP contribution in [0.2, 0.25) is 0 Å². The van der Waals surface area contributed by atoms with Crippen LogP contribution in [0, 0.1) is 24.6 Å². The maximum Gasteiger partial charge on any atom is 0.274 e. The van der Waals surface area contributed by atoms with E-state index < -0.39 is 0 Å². The van der Waals surface area contributed by atoms with Gasteiger partial charge in [-0.25, -0.2) is 9.37 Å². The number of nitrogens with one attached hydrogen (secondary N) is 1. The van der Waals surface area contributed by atoms with Crippen LogP contribution in [0.15, 0.2) is 24.3 Å². The van der Waals surface area contributed by atoms with E-state index in [0.717, 1.165) is 31.2 Å². The maximum absolute atomic E-state index is 14.1. The summed E-state index contributed by atoms with van der Waals surface area (Å²) >= 11 is 1.38. The molecule has 1 amide bonds. The van der Waals surface area contributed by atoms with E-state index >= 15 is 0 Å². The molecular formula is C17H18FN3OS. The molecule has 1 aromatic heterocycles. The monoisotopic (exact) mass is 331 g/mol. The number of benzene rings is 1. The molecule has 4 nitrogen and oxygen atoms in total. The fourth-order valence-electron chi connectivity index (χ4n) is 3.57. The Morgan fingerprint density at radius 2 is 2.00 bits per heavy atom. The predicted octanol–water partition coefficient (Wildman–Crippen LogP) is 2.55. The van der Waals surface area contributed by atoms with Gasteiger partial charge in [-0.3, -0.25) is 4.79 Å². The van der Waals surface area contributed by atoms with Gasteiger partial charge in [0.05, 0.1) is 9.88 Å². The molecule has 0 spiro atoms. The molecule has 2 aliphatic rings. The van der Waals surface area contributed by atoms with Crippen LogP contribution in [0.1, 0.15) is 15.5 Å². The third kappa shape index (κ3) is 2.56. The first-order valence-electron chi connectivity index (χ1n) is 7.86. The molecule has 0 aliphatic carbocycles. The molecule has 2 aliphatic heterocycles. The highest BCUT2D eigenvalue weighted by Gasteiger charge is 2.39. The van der Waals surface area contributed by atoms with Crippen LogP contribution in [-0.2, 0) is 0 Å². The normalized spacial score (nSPS) is 23.3. The molecular weight excluding hydrogens is 313 g/mol. The molecule has 0 bridgehead atoms. The first-order valence-corrected chi connectivity index (χ1v) is 8.67. The van der Waals surface area contributed by atoms with Crippen molar-refractivity contribution in [3.05, 3.63) is 40.8 Å². The maximum atomic E-state index is 14.1. The van der Waals surface area contributed by atoms with E-state index in [0.29, 0.717) is 28.0 Å². The number of fused-ring (bicyclic) bond motifs is 1. The number of thiazole rings is 1. The fraction of sp³-hybridized carbons (Fsp3) is 0.412. The second-order valence-corrected chi connectivity index (χ2v) is 7.48. The Kier molecular flexibility index (Phi) is 3.66. The van der Waals surface area contributed by atoms with Crippen molar-refractivity contribution in [2.45, 2.75) is 6.92 Å². The Hall–Kier alpha value is -1.79. The summed E-state index contributed by atoms with van der Waals surface area (Å²) in [6.07, 6.45) is 0. The van der Waals surface area contributed by atoms with Gasteiger partial charge >= 0.3 is 0 Å². The molecule has 0 unspecified atom stereocenters. The molecule has 6 heteroatoms. The number of aromatic nitrogens is 1. The number of nitrogens with zero attached hydrogens (tertiary/aromatic N) is 2. The minimum Gasteiger partial charge on any atom is -0.337 e. The lowest BCUT2D eigenvalue weighted by Gasteiger charge is -2.17. The van der Waals surface area contributed by atoms with E-state index in [-0.39, 0.29) is 11.7 Å². The van der Waals surface area contributed by atoms with E-state index in [2.05, 4.69) is 10.3 Å². The molecule has 2 saturated heterocycles. The Labute approximate surface area is 138 Å². The zero-order valence-corrected chi connectivity index (χ0v) is 13.7. The van der Waals surface area contributed by atoms with Crippen LogP contribution in [0.5, 0.6) is 0 Å². The number of aryl methyl sites for hydroxylation is 1. The van der Waals surface area contributed by atoms with E-state index in [1.807, 2.05) is 11.8 Å². The van der Waals surface area contributed by atoms with Gasteiger partial charge in [-0.2, -0.15) is 0 Å². The molecule has 2 atom stereocenters. The molecule has 23 heavy (non-hydrogen) atoms. The standard InChI is InChI=1S/C17H18FN3OS/c1-10-20-15(16(23-10)13-4-2-3-5-14(13)18)17(22)21-8-11-6-19-7-12(11)9-21/h2-5,11-12,19H,6-9H2,1H3/t11-,12-/m1/s1. The highest BCUT2D eigenvalue weighted by Crippen LogP contribution is 2.34. The number of carbonyl (C=O) groups excluding carboxylic acids is 1. The van der Waals surface area contributed by atoms with E-state index in [9.17, 15) is 9.18 Å². The average molecular weight is 331 g/mol. The molecule has 4 rings (SSSR count). The van der Waals surface area contributed by atoms with Crippen LogP contribution in [0.4, 0.5) is 4.39 Å². The second kappa shape index (κ2) is 5.69. The van der Waals surface area contributed by atoms with Gasteiger partial charge in [0.15, 0.2) is 0 Å². The largest absolute Gasteiger partial charge is 0.337 e. The van der Waals surface area contributed by atoms with E-state index in [1.165, 1.54) is 17.4 Å². The molecule has 1 N–H and O–H groups in total. The van der Waals surface area contributed by atoms with Crippen molar-refractivity contribution in [3.63, 3.8) is 0 Å². The number of hydrogen-bond donors (Lipinski definition) is 1. The topological polar surface area (TPSA) is 45.2 Å². The number of carbonyl (C=O) groups is 1. The summed E-state index contributed by atoms with van der Waals surface area (Å²) < 4.78 is 14.1. The van der Waals surface area contributed by atoms with E-state index in [1.54, 1.807) is 18.2 Å². The van der Waals surface area contributed by atoms with Crippen LogP contribution in [0.25, 0.3) is 10.4 Å². The summed E-state index contributed by atoms with van der Waals surface area (Å²) in [6, 6.07) is 6.57. The smallest absolute Gasteiger partial charge is 0.274 e. The summed E-state index contributed by atoms with van der Waals surface area (Å²) in [7, 11) is 0. The highest BCUT2D eigenvalue weighted by molar-refractivity contribution is 7.15. The van der Waals surface area contributed by atoms with Crippen LogP contribution < -0.4 is 5.32 Å².